The van der Waals surface area contributed by atoms with Crippen molar-refractivity contribution >= 4 is 18.0 Å². The number of nitrogens with one attached hydrogen (secondary N) is 1. The molecule has 1 N–H and O–H groups in total. The van der Waals surface area contributed by atoms with Gasteiger partial charge in [-0.3, -0.25) is 14.5 Å². The third kappa shape index (κ3) is 7.62. The molecule has 0 aromatic rings. The Morgan fingerprint density at radius 2 is 1.40 bits per heavy atom. The summed E-state index contributed by atoms with van der Waals surface area (Å²) in [4.78, 5) is 42.6. The van der Waals surface area contributed by atoms with E-state index >= 15 is 0 Å². The molecule has 2 amide bonds. The van der Waals surface area contributed by atoms with Gasteiger partial charge in [-0.2, -0.15) is 0 Å². The van der Waals surface area contributed by atoms with Crippen molar-refractivity contribution in [2.75, 3.05) is 27.9 Å². The predicted octanol–water partition coefficient (Wildman–Crippen LogP) is 2.00. The van der Waals surface area contributed by atoms with Crippen molar-refractivity contribution in [3.8, 4) is 0 Å². The van der Waals surface area contributed by atoms with Crippen molar-refractivity contribution in [1.82, 2.24) is 10.2 Å². The maximum atomic E-state index is 14.2. The number of methoxy groups -OCH3 is 3. The zero-order valence-electron chi connectivity index (χ0n) is 28.9. The summed E-state index contributed by atoms with van der Waals surface area (Å²) in [5, 5.41) is 3.03. The van der Waals surface area contributed by atoms with Gasteiger partial charge in [0.05, 0.1) is 25.1 Å². The molecule has 0 unspecified atom stereocenters. The average molecular weight is 671 g/mol. The van der Waals surface area contributed by atoms with Crippen LogP contribution in [0.2, 0.25) is 0 Å². The summed E-state index contributed by atoms with van der Waals surface area (Å²) in [6.45, 7) is 12.4. The van der Waals surface area contributed by atoms with Gasteiger partial charge in [-0.25, -0.2) is 4.79 Å². The Hall–Kier alpha value is -2.37. The molecule has 11 atom stereocenters. The lowest BCUT2D eigenvalue weighted by Gasteiger charge is -2.38. The van der Waals surface area contributed by atoms with Gasteiger partial charge in [0.2, 0.25) is 5.91 Å². The molecule has 0 bridgehead atoms. The number of hydrogen-bond acceptors (Lipinski definition) is 13. The molecule has 5 heterocycles. The van der Waals surface area contributed by atoms with Crippen LogP contribution in [0.1, 0.15) is 61.3 Å². The summed E-state index contributed by atoms with van der Waals surface area (Å²) in [5.74, 6) is -3.73. The van der Waals surface area contributed by atoms with Crippen molar-refractivity contribution < 1.29 is 61.8 Å². The molecule has 0 aliphatic carbocycles. The lowest BCUT2D eigenvalue weighted by atomic mass is 9.88. The molecule has 0 radical (unpaired) electrons. The van der Waals surface area contributed by atoms with E-state index in [1.54, 1.807) is 60.6 Å². The van der Waals surface area contributed by atoms with Crippen LogP contribution in [0.4, 0.5) is 4.79 Å². The Morgan fingerprint density at radius 1 is 0.851 bits per heavy atom. The second-order valence-electron chi connectivity index (χ2n) is 14.4. The summed E-state index contributed by atoms with van der Waals surface area (Å²) in [7, 11) is 4.31. The Labute approximate surface area is 275 Å². The molecule has 0 aromatic carbocycles. The summed E-state index contributed by atoms with van der Waals surface area (Å²) in [5.41, 5.74) is -0.823. The number of carbonyl (C=O) groups is 3. The third-order valence-corrected chi connectivity index (χ3v) is 8.88. The first kappa shape index (κ1) is 35.9. The van der Waals surface area contributed by atoms with Gasteiger partial charge in [-0.15, -0.1) is 0 Å². The van der Waals surface area contributed by atoms with E-state index < -0.39 is 102 Å². The molecule has 266 valence electrons. The van der Waals surface area contributed by atoms with Crippen LogP contribution in [0.25, 0.3) is 0 Å². The third-order valence-electron chi connectivity index (χ3n) is 8.88. The quantitative estimate of drug-likeness (QED) is 0.335. The number of amides is 2. The minimum absolute atomic E-state index is 0.0474. The molecule has 15 nitrogen and oxygen atoms in total. The first-order valence-corrected chi connectivity index (χ1v) is 16.1. The van der Waals surface area contributed by atoms with Crippen molar-refractivity contribution in [2.24, 2.45) is 5.92 Å². The first-order chi connectivity index (χ1) is 22.0. The number of carbonyl (C=O) groups excluding carboxylic acids is 3. The molecular weight excluding hydrogens is 620 g/mol. The standard InChI is InChI=1S/C32H50N2O13/c1-30(2,3)47-29(37)34-14-12-11-13-16(26(36)40-10)19(21-23(39-9)25-28(42-21)46-32(6,7)44-25)33-18(35)15-17(34)20-22(38-8)24-27(41-20)45-31(4,5)43-24/h11-12,16-17,19-25,27-28H,13-15H2,1-10H3,(H,33,35)/b12-11+/t16-,17-,19-,20+,21+,22-,23-,24+,25+,27+,28+/m0/s1. The molecule has 0 saturated carbocycles. The van der Waals surface area contributed by atoms with Crippen LogP contribution < -0.4 is 5.32 Å². The van der Waals surface area contributed by atoms with Crippen LogP contribution >= 0.6 is 0 Å². The summed E-state index contributed by atoms with van der Waals surface area (Å²) >= 11 is 0. The molecule has 15 heteroatoms. The average Bonchev–Trinajstić information content (AvgIpc) is 3.64. The number of esters is 1. The molecule has 4 saturated heterocycles. The predicted molar refractivity (Wildman–Crippen MR) is 162 cm³/mol. The van der Waals surface area contributed by atoms with Gasteiger partial charge >= 0.3 is 12.1 Å². The van der Waals surface area contributed by atoms with Crippen LogP contribution in [-0.4, -0.2) is 129 Å². The fourth-order valence-electron chi connectivity index (χ4n) is 7.03. The van der Waals surface area contributed by atoms with Crippen molar-refractivity contribution in [3.63, 3.8) is 0 Å². The second kappa shape index (κ2) is 13.5. The van der Waals surface area contributed by atoms with E-state index in [2.05, 4.69) is 5.32 Å². The molecule has 5 aliphatic heterocycles. The number of nitrogens with zero attached hydrogens (tertiary/aromatic N) is 1. The molecule has 0 spiro atoms. The normalized spacial score (nSPS) is 40.6. The number of ether oxygens (including phenoxy) is 10. The molecule has 5 aliphatic rings. The van der Waals surface area contributed by atoms with Crippen LogP contribution in [0, 0.1) is 5.92 Å². The Morgan fingerprint density at radius 3 is 1.94 bits per heavy atom. The highest BCUT2D eigenvalue weighted by atomic mass is 16.9. The van der Waals surface area contributed by atoms with Gasteiger partial charge in [0, 0.05) is 27.2 Å². The SMILES string of the molecule is COC(=O)[C@H]1C/C=C/CN(C(=O)OC(C)(C)C)[C@H]([C@H]2O[C@@H]3OC(C)(C)O[C@@H]3[C@H]2OC)CC(=O)N[C@@H]1[C@H]1O[C@@H]2OC(C)(C)O[C@@H]2[C@H]1OC. The number of fused-ring (bicyclic) bond motifs is 2. The van der Waals surface area contributed by atoms with E-state index in [-0.39, 0.29) is 19.4 Å². The molecule has 5 rings (SSSR count). The van der Waals surface area contributed by atoms with E-state index in [4.69, 9.17) is 47.4 Å². The zero-order valence-corrected chi connectivity index (χ0v) is 28.9. The first-order valence-electron chi connectivity index (χ1n) is 16.1. The smallest absolute Gasteiger partial charge is 0.410 e. The van der Waals surface area contributed by atoms with Gasteiger partial charge in [0.25, 0.3) is 0 Å². The van der Waals surface area contributed by atoms with Crippen LogP contribution in [0.3, 0.4) is 0 Å². The monoisotopic (exact) mass is 670 g/mol. The lowest BCUT2D eigenvalue weighted by molar-refractivity contribution is -0.223. The van der Waals surface area contributed by atoms with Gasteiger partial charge in [0.15, 0.2) is 24.2 Å². The van der Waals surface area contributed by atoms with Crippen LogP contribution in [0.15, 0.2) is 12.2 Å². The number of rotatable bonds is 5. The topological polar surface area (TPSA) is 159 Å². The second-order valence-corrected chi connectivity index (χ2v) is 14.4. The largest absolute Gasteiger partial charge is 0.469 e. The highest BCUT2D eigenvalue weighted by Crippen LogP contribution is 2.43. The molecule has 4 fully saturated rings. The van der Waals surface area contributed by atoms with Gasteiger partial charge in [-0.1, -0.05) is 12.2 Å². The fourth-order valence-corrected chi connectivity index (χ4v) is 7.03. The van der Waals surface area contributed by atoms with E-state index in [1.807, 2.05) is 0 Å². The highest BCUT2D eigenvalue weighted by Gasteiger charge is 2.60. The van der Waals surface area contributed by atoms with E-state index in [1.165, 1.54) is 26.2 Å². The summed E-state index contributed by atoms with van der Waals surface area (Å²) in [6, 6.07) is -1.82. The number of hydrogen-bond donors (Lipinski definition) is 1. The van der Waals surface area contributed by atoms with Crippen molar-refractivity contribution in [2.45, 2.75) is 140 Å². The van der Waals surface area contributed by atoms with E-state index in [9.17, 15) is 14.4 Å². The van der Waals surface area contributed by atoms with E-state index in [0.29, 0.717) is 0 Å². The minimum Gasteiger partial charge on any atom is -0.469 e. The zero-order chi connectivity index (χ0) is 34.5. The Balaban J connectivity index is 1.49. The van der Waals surface area contributed by atoms with Gasteiger partial charge in [0.1, 0.15) is 42.2 Å². The Bertz CT molecular complexity index is 1200. The summed E-state index contributed by atoms with van der Waals surface area (Å²) in [6.07, 6.45) is -3.05. The molecule has 47 heavy (non-hydrogen) atoms. The van der Waals surface area contributed by atoms with Crippen LogP contribution in [0.5, 0.6) is 0 Å². The fraction of sp³-hybridized carbons (Fsp3) is 0.844. The molecular formula is C32H50N2O13. The van der Waals surface area contributed by atoms with Gasteiger partial charge in [-0.05, 0) is 54.9 Å². The van der Waals surface area contributed by atoms with Crippen LogP contribution in [-0.2, 0) is 57.0 Å². The minimum atomic E-state index is -0.922. The maximum Gasteiger partial charge on any atom is 0.410 e. The van der Waals surface area contributed by atoms with Gasteiger partial charge < -0.3 is 52.7 Å². The lowest BCUT2D eigenvalue weighted by Crippen LogP contribution is -2.58. The maximum absolute atomic E-state index is 14.2. The van der Waals surface area contributed by atoms with Crippen molar-refractivity contribution in [1.29, 1.82) is 0 Å². The molecule has 0 aromatic heterocycles. The Kier molecular flexibility index (Phi) is 10.3. The highest BCUT2D eigenvalue weighted by molar-refractivity contribution is 5.80. The summed E-state index contributed by atoms with van der Waals surface area (Å²) < 4.78 is 59.5. The van der Waals surface area contributed by atoms with E-state index in [0.717, 1.165) is 0 Å². The van der Waals surface area contributed by atoms with Crippen molar-refractivity contribution in [3.05, 3.63) is 12.2 Å². The number of allylic oxidation sites excluding steroid dienone is 1.